The highest BCUT2D eigenvalue weighted by Gasteiger charge is 2.25. The lowest BCUT2D eigenvalue weighted by Crippen LogP contribution is -2.48. The summed E-state index contributed by atoms with van der Waals surface area (Å²) in [5.41, 5.74) is 1.72. The molecule has 3 heterocycles. The maximum atomic E-state index is 12.6. The number of rotatable bonds is 5. The number of anilines is 1. The monoisotopic (exact) mass is 412 g/mol. The van der Waals surface area contributed by atoms with Crippen molar-refractivity contribution in [3.05, 3.63) is 70.9 Å². The molecule has 28 heavy (non-hydrogen) atoms. The van der Waals surface area contributed by atoms with E-state index in [1.165, 1.54) is 9.71 Å². The van der Waals surface area contributed by atoms with Gasteiger partial charge in [-0.2, -0.15) is 4.31 Å². The number of aromatic nitrogens is 2. The molecule has 1 aromatic carbocycles. The molecule has 144 valence electrons. The first-order valence-electron chi connectivity index (χ1n) is 8.98. The summed E-state index contributed by atoms with van der Waals surface area (Å²) in [6, 6.07) is 17.3. The molecule has 0 amide bonds. The second-order valence-electron chi connectivity index (χ2n) is 6.40. The molecule has 1 aliphatic heterocycles. The van der Waals surface area contributed by atoms with E-state index < -0.39 is 10.0 Å². The summed E-state index contributed by atoms with van der Waals surface area (Å²) < 4.78 is 26.7. The van der Waals surface area contributed by atoms with E-state index in [0.29, 0.717) is 26.2 Å². The first kappa shape index (κ1) is 18.8. The third kappa shape index (κ3) is 4.30. The van der Waals surface area contributed by atoms with Crippen molar-refractivity contribution in [1.29, 1.82) is 0 Å². The van der Waals surface area contributed by atoms with E-state index in [-0.39, 0.29) is 0 Å². The van der Waals surface area contributed by atoms with E-state index in [1.54, 1.807) is 17.4 Å². The van der Waals surface area contributed by atoms with Crippen molar-refractivity contribution in [2.24, 2.45) is 0 Å². The Balaban J connectivity index is 1.38. The molecular weight excluding hydrogens is 392 g/mol. The topological polar surface area (TPSA) is 66.4 Å². The molecule has 0 spiro atoms. The van der Waals surface area contributed by atoms with Crippen molar-refractivity contribution < 1.29 is 8.42 Å². The summed E-state index contributed by atoms with van der Waals surface area (Å²) in [5.74, 6) is 0.775. The van der Waals surface area contributed by atoms with E-state index in [4.69, 9.17) is 0 Å². The number of hydrogen-bond acceptors (Lipinski definition) is 6. The summed E-state index contributed by atoms with van der Waals surface area (Å²) in [6.45, 7) is 2.03. The number of nitrogens with zero attached hydrogens (tertiary/aromatic N) is 4. The maximum absolute atomic E-state index is 12.6. The van der Waals surface area contributed by atoms with Crippen LogP contribution >= 0.6 is 11.3 Å². The maximum Gasteiger partial charge on any atom is 0.236 e. The third-order valence-electron chi connectivity index (χ3n) is 4.58. The molecule has 0 unspecified atom stereocenters. The predicted octanol–water partition coefficient (Wildman–Crippen LogP) is 3.33. The van der Waals surface area contributed by atoms with Gasteiger partial charge in [0, 0.05) is 31.6 Å². The third-order valence-corrected chi connectivity index (χ3v) is 7.04. The number of thiophene rings is 1. The average molecular weight is 413 g/mol. The Kier molecular flexibility index (Phi) is 5.52. The minimum Gasteiger partial charge on any atom is -0.352 e. The molecule has 2 aromatic heterocycles. The van der Waals surface area contributed by atoms with Crippen LogP contribution in [0.4, 0.5) is 5.82 Å². The molecule has 0 N–H and O–H groups in total. The number of hydrogen-bond donors (Lipinski definition) is 0. The normalized spacial score (nSPS) is 15.9. The fraction of sp³-hybridized carbons (Fsp3) is 0.200. The van der Waals surface area contributed by atoms with Gasteiger partial charge in [0.2, 0.25) is 10.0 Å². The number of sulfonamides is 1. The highest BCUT2D eigenvalue weighted by molar-refractivity contribution is 7.92. The lowest BCUT2D eigenvalue weighted by molar-refractivity contribution is 0.388. The van der Waals surface area contributed by atoms with Crippen LogP contribution in [-0.2, 0) is 10.0 Å². The summed E-state index contributed by atoms with van der Waals surface area (Å²) in [4.78, 5) is 3.15. The van der Waals surface area contributed by atoms with Crippen LogP contribution in [0.25, 0.3) is 16.6 Å². The molecule has 0 saturated carbocycles. The quantitative estimate of drug-likeness (QED) is 0.643. The van der Waals surface area contributed by atoms with Crippen molar-refractivity contribution in [3.63, 3.8) is 0 Å². The van der Waals surface area contributed by atoms with Crippen LogP contribution in [0, 0.1) is 0 Å². The Morgan fingerprint density at radius 2 is 1.68 bits per heavy atom. The fourth-order valence-corrected chi connectivity index (χ4v) is 4.90. The first-order valence-corrected chi connectivity index (χ1v) is 11.4. The molecule has 6 nitrogen and oxygen atoms in total. The molecule has 0 radical (unpaired) electrons. The van der Waals surface area contributed by atoms with Crippen LogP contribution in [0.1, 0.15) is 5.56 Å². The molecule has 1 aliphatic rings. The molecule has 1 saturated heterocycles. The zero-order chi connectivity index (χ0) is 19.4. The standard InChI is InChI=1S/C20H20N4O2S2/c25-28(26,16-10-17-5-2-1-3-6-17)24-13-11-23(12-14-24)20-9-8-18(21-22-20)19-7-4-15-27-19/h1-10,15-16H,11-14H2. The van der Waals surface area contributed by atoms with Crippen molar-refractivity contribution in [2.75, 3.05) is 31.1 Å². The SMILES string of the molecule is O=S(=O)(C=Cc1ccccc1)N1CCN(c2ccc(-c3cccs3)nn2)CC1. The molecule has 3 aromatic rings. The second-order valence-corrected chi connectivity index (χ2v) is 9.16. The fourth-order valence-electron chi connectivity index (χ4n) is 3.04. The Bertz CT molecular complexity index is 1030. The van der Waals surface area contributed by atoms with Gasteiger partial charge in [-0.1, -0.05) is 36.4 Å². The first-order chi connectivity index (χ1) is 13.6. The van der Waals surface area contributed by atoms with Gasteiger partial charge in [0.1, 0.15) is 5.69 Å². The van der Waals surface area contributed by atoms with Gasteiger partial charge in [-0.05, 0) is 35.2 Å². The Morgan fingerprint density at radius 3 is 2.32 bits per heavy atom. The van der Waals surface area contributed by atoms with E-state index in [2.05, 4.69) is 15.1 Å². The molecular formula is C20H20N4O2S2. The summed E-state index contributed by atoms with van der Waals surface area (Å²) in [7, 11) is -3.43. The number of piperazine rings is 1. The van der Waals surface area contributed by atoms with Gasteiger partial charge in [0.25, 0.3) is 0 Å². The highest BCUT2D eigenvalue weighted by atomic mass is 32.2. The van der Waals surface area contributed by atoms with Crippen LogP contribution in [0.5, 0.6) is 0 Å². The molecule has 8 heteroatoms. The summed E-state index contributed by atoms with van der Waals surface area (Å²) >= 11 is 1.63. The van der Waals surface area contributed by atoms with E-state index in [0.717, 1.165) is 22.0 Å². The van der Waals surface area contributed by atoms with Crippen molar-refractivity contribution in [1.82, 2.24) is 14.5 Å². The van der Waals surface area contributed by atoms with Gasteiger partial charge in [0.05, 0.1) is 4.88 Å². The molecule has 1 fully saturated rings. The Hall–Kier alpha value is -2.55. The van der Waals surface area contributed by atoms with Crippen molar-refractivity contribution >= 4 is 33.3 Å². The summed E-state index contributed by atoms with van der Waals surface area (Å²) in [5, 5.41) is 11.9. The zero-order valence-electron chi connectivity index (χ0n) is 15.2. The largest absolute Gasteiger partial charge is 0.352 e. The van der Waals surface area contributed by atoms with Crippen LogP contribution in [0.3, 0.4) is 0 Å². The van der Waals surface area contributed by atoms with Gasteiger partial charge in [-0.25, -0.2) is 8.42 Å². The lowest BCUT2D eigenvalue weighted by Gasteiger charge is -2.33. The molecule has 0 aliphatic carbocycles. The van der Waals surface area contributed by atoms with Crippen molar-refractivity contribution in [3.8, 4) is 10.6 Å². The predicted molar refractivity (Wildman–Crippen MR) is 114 cm³/mol. The van der Waals surface area contributed by atoms with Crippen LogP contribution in [0.2, 0.25) is 0 Å². The highest BCUT2D eigenvalue weighted by Crippen LogP contribution is 2.23. The second kappa shape index (κ2) is 8.22. The van der Waals surface area contributed by atoms with E-state index in [1.807, 2.05) is 60.0 Å². The summed E-state index contributed by atoms with van der Waals surface area (Å²) in [6.07, 6.45) is 1.64. The molecule has 4 rings (SSSR count). The zero-order valence-corrected chi connectivity index (χ0v) is 16.8. The minimum atomic E-state index is -3.43. The van der Waals surface area contributed by atoms with Gasteiger partial charge in [0.15, 0.2) is 5.82 Å². The van der Waals surface area contributed by atoms with Crippen molar-refractivity contribution in [2.45, 2.75) is 0 Å². The minimum absolute atomic E-state index is 0.426. The molecule has 0 atom stereocenters. The molecule has 0 bridgehead atoms. The lowest BCUT2D eigenvalue weighted by atomic mass is 10.2. The van der Waals surface area contributed by atoms with Gasteiger partial charge >= 0.3 is 0 Å². The smallest absolute Gasteiger partial charge is 0.236 e. The average Bonchev–Trinajstić information content (AvgIpc) is 3.28. The van der Waals surface area contributed by atoms with Gasteiger partial charge < -0.3 is 4.90 Å². The van der Waals surface area contributed by atoms with Crippen LogP contribution < -0.4 is 4.90 Å². The Labute approximate surface area is 168 Å². The van der Waals surface area contributed by atoms with E-state index in [9.17, 15) is 8.42 Å². The number of benzene rings is 1. The van der Waals surface area contributed by atoms with E-state index >= 15 is 0 Å². The van der Waals surface area contributed by atoms with Gasteiger partial charge in [-0.15, -0.1) is 21.5 Å². The Morgan fingerprint density at radius 1 is 0.893 bits per heavy atom. The van der Waals surface area contributed by atoms with Gasteiger partial charge in [-0.3, -0.25) is 0 Å². The van der Waals surface area contributed by atoms with Crippen LogP contribution in [0.15, 0.2) is 65.4 Å². The van der Waals surface area contributed by atoms with Crippen LogP contribution in [-0.4, -0.2) is 49.1 Å².